The lowest BCUT2D eigenvalue weighted by atomic mass is 9.89. The summed E-state index contributed by atoms with van der Waals surface area (Å²) in [6.07, 6.45) is 4.21. The van der Waals surface area contributed by atoms with Crippen molar-refractivity contribution >= 4 is 0 Å². The predicted octanol–water partition coefficient (Wildman–Crippen LogP) is 2.35. The maximum Gasteiger partial charge on any atom is 0.113 e. The molecule has 2 nitrogen and oxygen atoms in total. The van der Waals surface area contributed by atoms with Gasteiger partial charge in [0, 0.05) is 12.5 Å². The number of hydrogen-bond acceptors (Lipinski definition) is 2. The monoisotopic (exact) mass is 185 g/mol. The van der Waals surface area contributed by atoms with E-state index in [-0.39, 0.29) is 0 Å². The number of rotatable bonds is 2. The molecular weight excluding hydrogens is 162 g/mol. The standard InChI is InChI=1S/C11H23NO/c1-9(2)10-7-5-6-8-13-11(10)12(3)4/h9-11H,5-8H2,1-4H3. The van der Waals surface area contributed by atoms with Crippen molar-refractivity contribution in [2.45, 2.75) is 39.3 Å². The van der Waals surface area contributed by atoms with Crippen LogP contribution < -0.4 is 0 Å². The minimum absolute atomic E-state index is 0.336. The molecule has 0 aromatic rings. The van der Waals surface area contributed by atoms with E-state index >= 15 is 0 Å². The number of ether oxygens (including phenoxy) is 1. The van der Waals surface area contributed by atoms with Crippen LogP contribution in [0.5, 0.6) is 0 Å². The zero-order valence-electron chi connectivity index (χ0n) is 9.42. The smallest absolute Gasteiger partial charge is 0.113 e. The highest BCUT2D eigenvalue weighted by molar-refractivity contribution is 4.74. The lowest BCUT2D eigenvalue weighted by Gasteiger charge is -2.32. The highest BCUT2D eigenvalue weighted by atomic mass is 16.5. The third-order valence-electron chi connectivity index (χ3n) is 2.95. The minimum atomic E-state index is 0.336. The maximum atomic E-state index is 5.86. The van der Waals surface area contributed by atoms with Crippen LogP contribution in [0.15, 0.2) is 0 Å². The van der Waals surface area contributed by atoms with Gasteiger partial charge in [-0.1, -0.05) is 20.3 Å². The van der Waals surface area contributed by atoms with Crippen molar-refractivity contribution in [2.75, 3.05) is 20.7 Å². The van der Waals surface area contributed by atoms with Gasteiger partial charge in [0.2, 0.25) is 0 Å². The summed E-state index contributed by atoms with van der Waals surface area (Å²) in [5.74, 6) is 1.43. The summed E-state index contributed by atoms with van der Waals surface area (Å²) < 4.78 is 5.86. The predicted molar refractivity (Wildman–Crippen MR) is 55.6 cm³/mol. The second-order valence-corrected chi connectivity index (χ2v) is 4.63. The molecule has 1 rings (SSSR count). The van der Waals surface area contributed by atoms with Crippen molar-refractivity contribution in [3.63, 3.8) is 0 Å². The van der Waals surface area contributed by atoms with Gasteiger partial charge < -0.3 is 4.74 Å². The second-order valence-electron chi connectivity index (χ2n) is 4.63. The first-order valence-corrected chi connectivity index (χ1v) is 5.41. The first-order valence-electron chi connectivity index (χ1n) is 5.41. The van der Waals surface area contributed by atoms with E-state index in [0.717, 1.165) is 12.5 Å². The summed E-state index contributed by atoms with van der Waals surface area (Å²) in [5, 5.41) is 0. The average molecular weight is 185 g/mol. The quantitative estimate of drug-likeness (QED) is 0.655. The lowest BCUT2D eigenvalue weighted by Crippen LogP contribution is -2.39. The molecule has 2 heteroatoms. The van der Waals surface area contributed by atoms with Crippen LogP contribution >= 0.6 is 0 Å². The van der Waals surface area contributed by atoms with Gasteiger partial charge in [-0.15, -0.1) is 0 Å². The van der Waals surface area contributed by atoms with Crippen LogP contribution in [0.25, 0.3) is 0 Å². The Balaban J connectivity index is 2.61. The van der Waals surface area contributed by atoms with E-state index in [2.05, 4.69) is 32.8 Å². The molecule has 0 amide bonds. The molecule has 0 aromatic carbocycles. The Hall–Kier alpha value is -0.0800. The minimum Gasteiger partial charge on any atom is -0.363 e. The third-order valence-corrected chi connectivity index (χ3v) is 2.95. The van der Waals surface area contributed by atoms with E-state index in [1.807, 2.05) is 0 Å². The summed E-state index contributed by atoms with van der Waals surface area (Å²) in [6, 6.07) is 0. The molecule has 1 heterocycles. The SMILES string of the molecule is CC(C)C1CCCCOC1N(C)C. The van der Waals surface area contributed by atoms with Crippen molar-refractivity contribution in [2.24, 2.45) is 11.8 Å². The summed E-state index contributed by atoms with van der Waals surface area (Å²) in [6.45, 7) is 5.54. The largest absolute Gasteiger partial charge is 0.363 e. The Kier molecular flexibility index (Phi) is 4.20. The first kappa shape index (κ1) is 11.0. The molecule has 1 saturated heterocycles. The Morgan fingerprint density at radius 1 is 1.23 bits per heavy atom. The van der Waals surface area contributed by atoms with Crippen LogP contribution in [-0.4, -0.2) is 31.8 Å². The van der Waals surface area contributed by atoms with Crippen molar-refractivity contribution in [3.8, 4) is 0 Å². The van der Waals surface area contributed by atoms with Crippen molar-refractivity contribution in [3.05, 3.63) is 0 Å². The van der Waals surface area contributed by atoms with E-state index in [9.17, 15) is 0 Å². The molecule has 0 N–H and O–H groups in total. The van der Waals surface area contributed by atoms with Gasteiger partial charge in [-0.2, -0.15) is 0 Å². The third kappa shape index (κ3) is 2.96. The molecule has 13 heavy (non-hydrogen) atoms. The van der Waals surface area contributed by atoms with Gasteiger partial charge in [0.25, 0.3) is 0 Å². The Morgan fingerprint density at radius 3 is 2.46 bits per heavy atom. The topological polar surface area (TPSA) is 12.5 Å². The molecule has 0 aromatic heterocycles. The van der Waals surface area contributed by atoms with E-state index in [1.165, 1.54) is 19.3 Å². The Bertz CT molecular complexity index is 129. The fourth-order valence-electron chi connectivity index (χ4n) is 2.15. The molecule has 0 radical (unpaired) electrons. The molecule has 78 valence electrons. The van der Waals surface area contributed by atoms with Gasteiger partial charge in [0.05, 0.1) is 0 Å². The Morgan fingerprint density at radius 2 is 1.92 bits per heavy atom. The normalized spacial score (nSPS) is 30.9. The number of nitrogens with zero attached hydrogens (tertiary/aromatic N) is 1. The van der Waals surface area contributed by atoms with E-state index in [0.29, 0.717) is 12.1 Å². The maximum absolute atomic E-state index is 5.86. The van der Waals surface area contributed by atoms with Crippen LogP contribution in [0.1, 0.15) is 33.1 Å². The van der Waals surface area contributed by atoms with Gasteiger partial charge in [-0.25, -0.2) is 0 Å². The van der Waals surface area contributed by atoms with E-state index in [4.69, 9.17) is 4.74 Å². The molecule has 0 spiro atoms. The van der Waals surface area contributed by atoms with Crippen LogP contribution in [0.3, 0.4) is 0 Å². The van der Waals surface area contributed by atoms with E-state index in [1.54, 1.807) is 0 Å². The van der Waals surface area contributed by atoms with Gasteiger partial charge >= 0.3 is 0 Å². The molecule has 1 aliphatic rings. The van der Waals surface area contributed by atoms with Crippen molar-refractivity contribution in [1.29, 1.82) is 0 Å². The summed E-state index contributed by atoms with van der Waals surface area (Å²) in [4.78, 5) is 2.22. The molecule has 0 bridgehead atoms. The molecule has 2 unspecified atom stereocenters. The molecule has 1 aliphatic heterocycles. The van der Waals surface area contributed by atoms with Crippen LogP contribution in [-0.2, 0) is 4.74 Å². The van der Waals surface area contributed by atoms with E-state index < -0.39 is 0 Å². The van der Waals surface area contributed by atoms with Gasteiger partial charge in [0.15, 0.2) is 0 Å². The molecule has 1 fully saturated rings. The number of hydrogen-bond donors (Lipinski definition) is 0. The summed E-state index contributed by atoms with van der Waals surface area (Å²) >= 11 is 0. The van der Waals surface area contributed by atoms with Crippen LogP contribution in [0.4, 0.5) is 0 Å². The lowest BCUT2D eigenvalue weighted by molar-refractivity contribution is -0.0750. The van der Waals surface area contributed by atoms with Crippen LogP contribution in [0.2, 0.25) is 0 Å². The highest BCUT2D eigenvalue weighted by Gasteiger charge is 2.28. The zero-order chi connectivity index (χ0) is 9.84. The van der Waals surface area contributed by atoms with Gasteiger partial charge in [-0.3, -0.25) is 4.90 Å². The van der Waals surface area contributed by atoms with Gasteiger partial charge in [0.1, 0.15) is 6.23 Å². The summed E-state index contributed by atoms with van der Waals surface area (Å²) in [5.41, 5.74) is 0. The molecular formula is C11H23NO. The second kappa shape index (κ2) is 4.97. The molecule has 0 saturated carbocycles. The molecule has 0 aliphatic carbocycles. The highest BCUT2D eigenvalue weighted by Crippen LogP contribution is 2.28. The fourth-order valence-corrected chi connectivity index (χ4v) is 2.15. The first-order chi connectivity index (χ1) is 6.13. The average Bonchev–Trinajstić information content (AvgIpc) is 2.27. The van der Waals surface area contributed by atoms with Crippen molar-refractivity contribution in [1.82, 2.24) is 4.90 Å². The van der Waals surface area contributed by atoms with Gasteiger partial charge in [-0.05, 0) is 32.9 Å². The molecule has 2 atom stereocenters. The van der Waals surface area contributed by atoms with Crippen molar-refractivity contribution < 1.29 is 4.74 Å². The Labute approximate surface area is 82.3 Å². The zero-order valence-corrected chi connectivity index (χ0v) is 9.42. The van der Waals surface area contributed by atoms with Crippen LogP contribution in [0, 0.1) is 11.8 Å². The summed E-state index contributed by atoms with van der Waals surface area (Å²) in [7, 11) is 4.23. The fraction of sp³-hybridized carbons (Fsp3) is 1.00.